The maximum atomic E-state index is 10.7. The Bertz CT molecular complexity index is 412. The lowest BCUT2D eigenvalue weighted by molar-refractivity contribution is 0.0697. The second-order valence-electron chi connectivity index (χ2n) is 4.95. The van der Waals surface area contributed by atoms with Crippen molar-refractivity contribution in [2.75, 3.05) is 32.9 Å². The van der Waals surface area contributed by atoms with Gasteiger partial charge in [-0.2, -0.15) is 0 Å². The van der Waals surface area contributed by atoms with Gasteiger partial charge in [0.1, 0.15) is 12.4 Å². The smallest absolute Gasteiger partial charge is 0.335 e. The summed E-state index contributed by atoms with van der Waals surface area (Å²) < 4.78 is 10.9. The molecule has 1 fully saturated rings. The van der Waals surface area contributed by atoms with Crippen LogP contribution >= 0.6 is 0 Å². The van der Waals surface area contributed by atoms with Crippen molar-refractivity contribution in [3.05, 3.63) is 29.8 Å². The number of nitrogens with one attached hydrogen (secondary N) is 1. The number of benzene rings is 1. The Morgan fingerprint density at radius 1 is 1.35 bits per heavy atom. The minimum atomic E-state index is -0.922. The van der Waals surface area contributed by atoms with Gasteiger partial charge in [-0.15, -0.1) is 0 Å². The van der Waals surface area contributed by atoms with E-state index in [0.29, 0.717) is 18.3 Å². The molecule has 0 saturated carbocycles. The van der Waals surface area contributed by atoms with Crippen LogP contribution in [0.1, 0.15) is 23.2 Å². The summed E-state index contributed by atoms with van der Waals surface area (Å²) >= 11 is 0. The summed E-state index contributed by atoms with van der Waals surface area (Å²) in [5, 5.41) is 12.1. The highest BCUT2D eigenvalue weighted by atomic mass is 16.5. The lowest BCUT2D eigenvalue weighted by atomic mass is 10.1. The molecule has 1 saturated heterocycles. The molecule has 0 aliphatic carbocycles. The van der Waals surface area contributed by atoms with Gasteiger partial charge in [0, 0.05) is 19.8 Å². The summed E-state index contributed by atoms with van der Waals surface area (Å²) in [5.74, 6) is 0.474. The number of rotatable bonds is 8. The third-order valence-electron chi connectivity index (χ3n) is 3.40. The van der Waals surface area contributed by atoms with Gasteiger partial charge in [-0.3, -0.25) is 0 Å². The third kappa shape index (κ3) is 4.83. The largest absolute Gasteiger partial charge is 0.492 e. The summed E-state index contributed by atoms with van der Waals surface area (Å²) in [5.41, 5.74) is 0.272. The molecule has 110 valence electrons. The van der Waals surface area contributed by atoms with Gasteiger partial charge < -0.3 is 19.9 Å². The molecule has 1 heterocycles. The first-order valence-corrected chi connectivity index (χ1v) is 7.00. The van der Waals surface area contributed by atoms with E-state index in [1.807, 2.05) is 0 Å². The topological polar surface area (TPSA) is 67.8 Å². The van der Waals surface area contributed by atoms with Gasteiger partial charge in [-0.1, -0.05) is 0 Å². The Morgan fingerprint density at radius 3 is 2.80 bits per heavy atom. The Kier molecular flexibility index (Phi) is 5.83. The van der Waals surface area contributed by atoms with Crippen molar-refractivity contribution in [3.8, 4) is 5.75 Å². The van der Waals surface area contributed by atoms with Gasteiger partial charge in [0.2, 0.25) is 0 Å². The predicted octanol–water partition coefficient (Wildman–Crippen LogP) is 1.78. The van der Waals surface area contributed by atoms with Gasteiger partial charge in [0.15, 0.2) is 0 Å². The molecule has 1 aliphatic heterocycles. The van der Waals surface area contributed by atoms with Crippen LogP contribution in [0.3, 0.4) is 0 Å². The van der Waals surface area contributed by atoms with Crippen LogP contribution in [0.15, 0.2) is 24.3 Å². The third-order valence-corrected chi connectivity index (χ3v) is 3.40. The van der Waals surface area contributed by atoms with E-state index in [4.69, 9.17) is 14.6 Å². The molecule has 1 aromatic rings. The molecule has 0 spiro atoms. The number of carboxylic acid groups (broad SMARTS) is 1. The lowest BCUT2D eigenvalue weighted by Crippen LogP contribution is -2.23. The molecule has 0 aromatic heterocycles. The van der Waals surface area contributed by atoms with E-state index in [9.17, 15) is 4.79 Å². The molecular weight excluding hydrogens is 258 g/mol. The van der Waals surface area contributed by atoms with Crippen LogP contribution in [0.5, 0.6) is 5.75 Å². The first-order chi connectivity index (χ1) is 9.75. The number of carboxylic acids is 1. The number of ether oxygens (including phenoxy) is 2. The highest BCUT2D eigenvalue weighted by molar-refractivity contribution is 5.87. The van der Waals surface area contributed by atoms with Crippen LogP contribution in [-0.4, -0.2) is 44.0 Å². The normalized spacial score (nSPS) is 18.1. The zero-order valence-corrected chi connectivity index (χ0v) is 11.5. The van der Waals surface area contributed by atoms with Crippen molar-refractivity contribution in [1.29, 1.82) is 0 Å². The Balaban J connectivity index is 1.55. The van der Waals surface area contributed by atoms with Gasteiger partial charge >= 0.3 is 5.97 Å². The summed E-state index contributed by atoms with van der Waals surface area (Å²) in [6.45, 7) is 4.14. The van der Waals surface area contributed by atoms with Crippen molar-refractivity contribution in [2.24, 2.45) is 5.92 Å². The standard InChI is InChI=1S/C15H21NO4/c17-15(18)13-1-3-14(4-2-13)20-10-8-16-7-5-12-6-9-19-11-12/h1-4,12,16H,5-11H2,(H,17,18). The molecule has 2 rings (SSSR count). The fourth-order valence-electron chi connectivity index (χ4n) is 2.18. The summed E-state index contributed by atoms with van der Waals surface area (Å²) in [4.78, 5) is 10.7. The van der Waals surface area contributed by atoms with Crippen LogP contribution in [0, 0.1) is 5.92 Å². The van der Waals surface area contributed by atoms with E-state index >= 15 is 0 Å². The molecule has 1 aliphatic rings. The molecule has 1 atom stereocenters. The molecule has 1 unspecified atom stereocenters. The maximum Gasteiger partial charge on any atom is 0.335 e. The summed E-state index contributed by atoms with van der Waals surface area (Å²) in [6, 6.07) is 6.45. The molecule has 1 aromatic carbocycles. The number of hydrogen-bond donors (Lipinski definition) is 2. The van der Waals surface area contributed by atoms with Crippen molar-refractivity contribution >= 4 is 5.97 Å². The molecule has 5 nitrogen and oxygen atoms in total. The van der Waals surface area contributed by atoms with E-state index in [2.05, 4.69) is 5.32 Å². The zero-order valence-electron chi connectivity index (χ0n) is 11.5. The van der Waals surface area contributed by atoms with Crippen molar-refractivity contribution < 1.29 is 19.4 Å². The van der Waals surface area contributed by atoms with Crippen molar-refractivity contribution in [1.82, 2.24) is 5.32 Å². The summed E-state index contributed by atoms with van der Waals surface area (Å²) in [7, 11) is 0. The Hall–Kier alpha value is -1.59. The maximum absolute atomic E-state index is 10.7. The summed E-state index contributed by atoms with van der Waals surface area (Å²) in [6.07, 6.45) is 2.32. The highest BCUT2D eigenvalue weighted by Crippen LogP contribution is 2.15. The number of hydrogen-bond acceptors (Lipinski definition) is 4. The minimum Gasteiger partial charge on any atom is -0.492 e. The van der Waals surface area contributed by atoms with Crippen molar-refractivity contribution in [2.45, 2.75) is 12.8 Å². The number of aromatic carboxylic acids is 1. The fourth-order valence-corrected chi connectivity index (χ4v) is 2.18. The molecular formula is C15H21NO4. The van der Waals surface area contributed by atoms with Crippen LogP contribution in [0.4, 0.5) is 0 Å². The monoisotopic (exact) mass is 279 g/mol. The molecule has 0 amide bonds. The SMILES string of the molecule is O=C(O)c1ccc(OCCNCCC2CCOC2)cc1. The average Bonchev–Trinajstić information content (AvgIpc) is 2.96. The van der Waals surface area contributed by atoms with E-state index < -0.39 is 5.97 Å². The average molecular weight is 279 g/mol. The van der Waals surface area contributed by atoms with E-state index in [0.717, 1.165) is 32.7 Å². The highest BCUT2D eigenvalue weighted by Gasteiger charge is 2.14. The molecule has 0 radical (unpaired) electrons. The van der Waals surface area contributed by atoms with Gasteiger partial charge in [0.25, 0.3) is 0 Å². The van der Waals surface area contributed by atoms with Gasteiger partial charge in [-0.25, -0.2) is 4.79 Å². The molecule has 20 heavy (non-hydrogen) atoms. The Labute approximate surface area is 118 Å². The molecule has 0 bridgehead atoms. The fraction of sp³-hybridized carbons (Fsp3) is 0.533. The van der Waals surface area contributed by atoms with Gasteiger partial charge in [0.05, 0.1) is 5.56 Å². The van der Waals surface area contributed by atoms with Crippen molar-refractivity contribution in [3.63, 3.8) is 0 Å². The second-order valence-corrected chi connectivity index (χ2v) is 4.95. The van der Waals surface area contributed by atoms with E-state index in [-0.39, 0.29) is 5.56 Å². The van der Waals surface area contributed by atoms with Crippen LogP contribution in [-0.2, 0) is 4.74 Å². The Morgan fingerprint density at radius 2 is 2.15 bits per heavy atom. The lowest BCUT2D eigenvalue weighted by Gasteiger charge is -2.10. The zero-order chi connectivity index (χ0) is 14.2. The van der Waals surface area contributed by atoms with Crippen LogP contribution in [0.2, 0.25) is 0 Å². The quantitative estimate of drug-likeness (QED) is 0.710. The molecule has 2 N–H and O–H groups in total. The van der Waals surface area contributed by atoms with E-state index in [1.165, 1.54) is 6.42 Å². The van der Waals surface area contributed by atoms with Crippen LogP contribution in [0.25, 0.3) is 0 Å². The molecule has 5 heteroatoms. The van der Waals surface area contributed by atoms with E-state index in [1.54, 1.807) is 24.3 Å². The second kappa shape index (κ2) is 7.87. The van der Waals surface area contributed by atoms with Gasteiger partial charge in [-0.05, 0) is 49.6 Å². The predicted molar refractivity (Wildman–Crippen MR) is 75.3 cm³/mol. The minimum absolute atomic E-state index is 0.272. The first-order valence-electron chi connectivity index (χ1n) is 7.00. The number of carbonyl (C=O) groups is 1. The van der Waals surface area contributed by atoms with Crippen LogP contribution < -0.4 is 10.1 Å². The first kappa shape index (κ1) is 14.8.